The zero-order valence-corrected chi connectivity index (χ0v) is 20.0. The lowest BCUT2D eigenvalue weighted by Crippen LogP contribution is -2.29. The van der Waals surface area contributed by atoms with Crippen molar-refractivity contribution in [1.82, 2.24) is 5.43 Å². The molecule has 1 amide bonds. The summed E-state index contributed by atoms with van der Waals surface area (Å²) in [5.41, 5.74) is 6.23. The Bertz CT molecular complexity index is 1510. The van der Waals surface area contributed by atoms with Crippen molar-refractivity contribution in [2.24, 2.45) is 5.10 Å². The van der Waals surface area contributed by atoms with Gasteiger partial charge in [-0.2, -0.15) is 5.10 Å². The quantitative estimate of drug-likeness (QED) is 0.133. The molecule has 0 bridgehead atoms. The third kappa shape index (κ3) is 5.76. The first-order valence-corrected chi connectivity index (χ1v) is 11.9. The Morgan fingerprint density at radius 2 is 1.43 bits per heavy atom. The molecule has 0 unspecified atom stereocenters. The fraction of sp³-hybridized carbons (Fsp3) is 0.0667. The van der Waals surface area contributed by atoms with E-state index in [4.69, 9.17) is 14.8 Å². The largest absolute Gasteiger partial charge is 0.488 e. The normalized spacial score (nSPS) is 11.3. The number of carbonyl (C=O) groups is 1. The highest BCUT2D eigenvalue weighted by Gasteiger charge is 2.10. The molecule has 6 nitrogen and oxygen atoms in total. The van der Waals surface area contributed by atoms with E-state index in [0.717, 1.165) is 11.1 Å². The van der Waals surface area contributed by atoms with E-state index in [1.165, 1.54) is 33.3 Å². The summed E-state index contributed by atoms with van der Waals surface area (Å²) >= 11 is 0. The van der Waals surface area contributed by atoms with E-state index in [2.05, 4.69) is 40.9 Å². The first-order chi connectivity index (χ1) is 18.1. The van der Waals surface area contributed by atoms with E-state index < -0.39 is 7.12 Å². The second kappa shape index (κ2) is 11.2. The van der Waals surface area contributed by atoms with Crippen LogP contribution in [-0.2, 0) is 18.0 Å². The first-order valence-electron chi connectivity index (χ1n) is 11.9. The SMILES string of the molecule is O=C(N/N=C/c1ccc(B(O)O)cc1)c1ccc(COCc2c3ccccc3cc3ccccc23)cc1. The monoisotopic (exact) mass is 488 g/mol. The van der Waals surface area contributed by atoms with E-state index in [1.807, 2.05) is 36.4 Å². The van der Waals surface area contributed by atoms with Crippen LogP contribution in [0, 0.1) is 0 Å². The molecule has 0 aliphatic carbocycles. The Labute approximate surface area is 215 Å². The van der Waals surface area contributed by atoms with Gasteiger partial charge in [0.1, 0.15) is 0 Å². The molecule has 5 aromatic rings. The molecule has 0 radical (unpaired) electrons. The fourth-order valence-corrected chi connectivity index (χ4v) is 4.27. The molecule has 0 spiro atoms. The van der Waals surface area contributed by atoms with Crippen molar-refractivity contribution in [2.45, 2.75) is 13.2 Å². The van der Waals surface area contributed by atoms with Gasteiger partial charge in [0, 0.05) is 5.56 Å². The molecular weight excluding hydrogens is 463 g/mol. The Morgan fingerprint density at radius 1 is 0.811 bits per heavy atom. The lowest BCUT2D eigenvalue weighted by Gasteiger charge is -2.12. The molecule has 5 rings (SSSR count). The number of nitrogens with one attached hydrogen (secondary N) is 1. The maximum absolute atomic E-state index is 12.4. The third-order valence-corrected chi connectivity index (χ3v) is 6.23. The smallest absolute Gasteiger partial charge is 0.423 e. The van der Waals surface area contributed by atoms with Crippen LogP contribution in [0.15, 0.2) is 108 Å². The van der Waals surface area contributed by atoms with Crippen molar-refractivity contribution >= 4 is 46.2 Å². The average Bonchev–Trinajstić information content (AvgIpc) is 2.93. The number of fused-ring (bicyclic) bond motifs is 2. The molecule has 0 heterocycles. The maximum Gasteiger partial charge on any atom is 0.488 e. The third-order valence-electron chi connectivity index (χ3n) is 6.23. The van der Waals surface area contributed by atoms with Crippen molar-refractivity contribution < 1.29 is 19.6 Å². The highest BCUT2D eigenvalue weighted by Crippen LogP contribution is 2.29. The topological polar surface area (TPSA) is 91.2 Å². The Kier molecular flexibility index (Phi) is 7.37. The standard InChI is InChI=1S/C30H25BN2O4/c34-30(33-32-18-21-11-15-26(16-12-21)31(35)36)23-13-9-22(10-14-23)19-37-20-29-27-7-3-1-5-24(27)17-25-6-2-4-8-28(25)29/h1-18,35-36H,19-20H2,(H,33,34)/b32-18+. The van der Waals surface area contributed by atoms with Gasteiger partial charge in [-0.1, -0.05) is 84.9 Å². The molecule has 0 saturated carbocycles. The van der Waals surface area contributed by atoms with E-state index in [9.17, 15) is 4.79 Å². The van der Waals surface area contributed by atoms with E-state index in [0.29, 0.717) is 24.2 Å². The number of hydrogen-bond acceptors (Lipinski definition) is 5. The molecule has 37 heavy (non-hydrogen) atoms. The number of hydrogen-bond donors (Lipinski definition) is 3. The lowest BCUT2D eigenvalue weighted by atomic mass is 9.80. The summed E-state index contributed by atoms with van der Waals surface area (Å²) in [5.74, 6) is -0.326. The second-order valence-electron chi connectivity index (χ2n) is 8.73. The molecule has 0 aromatic heterocycles. The van der Waals surface area contributed by atoms with Crippen molar-refractivity contribution in [3.63, 3.8) is 0 Å². The summed E-state index contributed by atoms with van der Waals surface area (Å²) in [5, 5.41) is 27.0. The molecule has 0 aliphatic heterocycles. The van der Waals surface area contributed by atoms with Crippen LogP contribution in [0.2, 0.25) is 0 Å². The summed E-state index contributed by atoms with van der Waals surface area (Å²) in [6, 6.07) is 32.7. The zero-order valence-electron chi connectivity index (χ0n) is 20.0. The molecule has 5 aromatic carbocycles. The zero-order chi connectivity index (χ0) is 25.6. The number of rotatable bonds is 8. The van der Waals surface area contributed by atoms with Gasteiger partial charge in [0.25, 0.3) is 5.91 Å². The Morgan fingerprint density at radius 3 is 2.05 bits per heavy atom. The highest BCUT2D eigenvalue weighted by molar-refractivity contribution is 6.58. The van der Waals surface area contributed by atoms with E-state index >= 15 is 0 Å². The summed E-state index contributed by atoms with van der Waals surface area (Å²) in [6.45, 7) is 0.910. The predicted molar refractivity (Wildman–Crippen MR) is 148 cm³/mol. The molecule has 0 atom stereocenters. The van der Waals surface area contributed by atoms with Crippen molar-refractivity contribution in [3.05, 3.63) is 125 Å². The molecule has 0 fully saturated rings. The minimum atomic E-state index is -1.52. The van der Waals surface area contributed by atoms with Crippen molar-refractivity contribution in [2.75, 3.05) is 0 Å². The van der Waals surface area contributed by atoms with Crippen LogP contribution in [0.1, 0.15) is 27.0 Å². The Balaban J connectivity index is 1.19. The van der Waals surface area contributed by atoms with Gasteiger partial charge in [-0.15, -0.1) is 0 Å². The molecule has 7 heteroatoms. The number of benzene rings is 5. The number of ether oxygens (including phenoxy) is 1. The van der Waals surface area contributed by atoms with Crippen LogP contribution in [0.3, 0.4) is 0 Å². The van der Waals surface area contributed by atoms with Gasteiger partial charge in [0.2, 0.25) is 0 Å². The van der Waals surface area contributed by atoms with Crippen molar-refractivity contribution in [3.8, 4) is 0 Å². The van der Waals surface area contributed by atoms with E-state index in [-0.39, 0.29) is 5.91 Å². The summed E-state index contributed by atoms with van der Waals surface area (Å²) in [6.07, 6.45) is 1.49. The van der Waals surface area contributed by atoms with Crippen LogP contribution in [0.5, 0.6) is 0 Å². The van der Waals surface area contributed by atoms with Gasteiger partial charge >= 0.3 is 7.12 Å². The van der Waals surface area contributed by atoms with Crippen LogP contribution in [0.25, 0.3) is 21.5 Å². The van der Waals surface area contributed by atoms with Gasteiger partial charge in [-0.05, 0) is 61.9 Å². The molecular formula is C30H25BN2O4. The van der Waals surface area contributed by atoms with Crippen LogP contribution >= 0.6 is 0 Å². The van der Waals surface area contributed by atoms with Gasteiger partial charge in [-0.3, -0.25) is 4.79 Å². The summed E-state index contributed by atoms with van der Waals surface area (Å²) in [7, 11) is -1.52. The lowest BCUT2D eigenvalue weighted by molar-refractivity contribution is 0.0954. The fourth-order valence-electron chi connectivity index (χ4n) is 4.27. The van der Waals surface area contributed by atoms with Crippen molar-refractivity contribution in [1.29, 1.82) is 0 Å². The molecule has 3 N–H and O–H groups in total. The Hall–Kier alpha value is -4.30. The van der Waals surface area contributed by atoms with E-state index in [1.54, 1.807) is 36.4 Å². The number of carbonyl (C=O) groups excluding carboxylic acids is 1. The minimum absolute atomic E-state index is 0.326. The molecule has 0 saturated heterocycles. The van der Waals surface area contributed by atoms with Crippen LogP contribution in [0.4, 0.5) is 0 Å². The molecule has 182 valence electrons. The number of amides is 1. The summed E-state index contributed by atoms with van der Waals surface area (Å²) in [4.78, 5) is 12.4. The minimum Gasteiger partial charge on any atom is -0.423 e. The predicted octanol–water partition coefficient (Wildman–Crippen LogP) is 4.15. The second-order valence-corrected chi connectivity index (χ2v) is 8.73. The number of nitrogens with zero attached hydrogens (tertiary/aromatic N) is 1. The van der Waals surface area contributed by atoms with Gasteiger partial charge in [0.05, 0.1) is 19.4 Å². The van der Waals surface area contributed by atoms with Crippen LogP contribution in [-0.4, -0.2) is 29.3 Å². The first kappa shape index (κ1) is 24.4. The summed E-state index contributed by atoms with van der Waals surface area (Å²) < 4.78 is 6.10. The molecule has 0 aliphatic rings. The van der Waals surface area contributed by atoms with Gasteiger partial charge in [-0.25, -0.2) is 5.43 Å². The average molecular weight is 488 g/mol. The number of hydrazone groups is 1. The highest BCUT2D eigenvalue weighted by atomic mass is 16.5. The van der Waals surface area contributed by atoms with Gasteiger partial charge < -0.3 is 14.8 Å². The maximum atomic E-state index is 12.4. The van der Waals surface area contributed by atoms with Gasteiger partial charge in [0.15, 0.2) is 0 Å². The van der Waals surface area contributed by atoms with Crippen LogP contribution < -0.4 is 10.9 Å².